The Kier molecular flexibility index (Phi) is 5.07. The molecule has 2 aromatic carbocycles. The second-order valence-electron chi connectivity index (χ2n) is 5.70. The highest BCUT2D eigenvalue weighted by atomic mass is 16.6. The lowest BCUT2D eigenvalue weighted by Gasteiger charge is -2.10. The van der Waals surface area contributed by atoms with Crippen LogP contribution in [0, 0.1) is 10.1 Å². The number of nitro benzene ring substituents is 1. The molecular formula is C17H15N5O6. The highest BCUT2D eigenvalue weighted by molar-refractivity contribution is 5.99. The van der Waals surface area contributed by atoms with Crippen molar-refractivity contribution in [2.45, 2.75) is 0 Å². The predicted molar refractivity (Wildman–Crippen MR) is 100 cm³/mol. The molecule has 28 heavy (non-hydrogen) atoms. The number of ether oxygens (including phenoxy) is 1. The molecule has 144 valence electrons. The molecule has 0 aliphatic rings. The van der Waals surface area contributed by atoms with Crippen molar-refractivity contribution in [2.75, 3.05) is 24.3 Å². The molecule has 3 rings (SSSR count). The van der Waals surface area contributed by atoms with E-state index in [0.717, 1.165) is 6.07 Å². The summed E-state index contributed by atoms with van der Waals surface area (Å²) < 4.78 is 4.95. The summed E-state index contributed by atoms with van der Waals surface area (Å²) in [5.41, 5.74) is 1.12. The van der Waals surface area contributed by atoms with E-state index in [9.17, 15) is 24.5 Å². The van der Waals surface area contributed by atoms with E-state index in [1.54, 1.807) is 25.2 Å². The van der Waals surface area contributed by atoms with Crippen molar-refractivity contribution in [2.24, 2.45) is 0 Å². The second-order valence-corrected chi connectivity index (χ2v) is 5.70. The largest absolute Gasteiger partial charge is 0.452 e. The third-order valence-electron chi connectivity index (χ3n) is 3.84. The summed E-state index contributed by atoms with van der Waals surface area (Å²) in [5, 5.41) is 16.1. The van der Waals surface area contributed by atoms with E-state index in [1.807, 2.05) is 0 Å². The van der Waals surface area contributed by atoms with Crippen LogP contribution in [0.4, 0.5) is 17.1 Å². The minimum absolute atomic E-state index is 0.0594. The van der Waals surface area contributed by atoms with Gasteiger partial charge in [0.05, 0.1) is 21.5 Å². The second kappa shape index (κ2) is 7.61. The number of nitro groups is 1. The van der Waals surface area contributed by atoms with Gasteiger partial charge in [-0.05, 0) is 24.3 Å². The fourth-order valence-electron chi connectivity index (χ4n) is 2.55. The van der Waals surface area contributed by atoms with Gasteiger partial charge in [-0.25, -0.2) is 9.59 Å². The number of fused-ring (bicyclic) bond motifs is 1. The normalized spacial score (nSPS) is 10.5. The molecular weight excluding hydrogens is 370 g/mol. The Morgan fingerprint density at radius 1 is 1.14 bits per heavy atom. The molecule has 0 fully saturated rings. The smallest absolute Gasteiger partial charge is 0.341 e. The van der Waals surface area contributed by atoms with Gasteiger partial charge >= 0.3 is 11.7 Å². The SMILES string of the molecule is CNc1ccc([N+](=O)[O-])cc1C(=O)OCC(=O)Nc1ccc2[nH]c(=O)[nH]c2c1. The lowest BCUT2D eigenvalue weighted by Crippen LogP contribution is -2.21. The van der Waals surface area contributed by atoms with Crippen molar-refractivity contribution in [3.8, 4) is 0 Å². The number of non-ortho nitro benzene ring substituents is 1. The Bertz CT molecular complexity index is 1130. The summed E-state index contributed by atoms with van der Waals surface area (Å²) >= 11 is 0. The third kappa shape index (κ3) is 3.98. The van der Waals surface area contributed by atoms with E-state index in [-0.39, 0.29) is 16.9 Å². The van der Waals surface area contributed by atoms with Crippen LogP contribution in [0.25, 0.3) is 11.0 Å². The van der Waals surface area contributed by atoms with Gasteiger partial charge in [0.1, 0.15) is 0 Å². The quantitative estimate of drug-likeness (QED) is 0.285. The average molecular weight is 385 g/mol. The first-order chi connectivity index (χ1) is 13.4. The number of hydrogen-bond donors (Lipinski definition) is 4. The Hall–Kier alpha value is -4.15. The van der Waals surface area contributed by atoms with Crippen molar-refractivity contribution in [3.63, 3.8) is 0 Å². The average Bonchev–Trinajstić information content (AvgIpc) is 3.04. The van der Waals surface area contributed by atoms with E-state index < -0.39 is 23.4 Å². The van der Waals surface area contributed by atoms with Gasteiger partial charge in [0.15, 0.2) is 6.61 Å². The van der Waals surface area contributed by atoms with E-state index >= 15 is 0 Å². The van der Waals surface area contributed by atoms with Gasteiger partial charge in [-0.3, -0.25) is 14.9 Å². The number of carbonyl (C=O) groups is 2. The maximum Gasteiger partial charge on any atom is 0.341 e. The molecule has 1 aromatic heterocycles. The number of aromatic amines is 2. The Labute approximate surface area is 156 Å². The minimum Gasteiger partial charge on any atom is -0.452 e. The highest BCUT2D eigenvalue weighted by Gasteiger charge is 2.18. The Morgan fingerprint density at radius 3 is 2.61 bits per heavy atom. The molecule has 0 spiro atoms. The summed E-state index contributed by atoms with van der Waals surface area (Å²) in [4.78, 5) is 50.9. The first-order valence-electron chi connectivity index (χ1n) is 8.02. The number of hydrogen-bond acceptors (Lipinski definition) is 7. The number of rotatable bonds is 6. The van der Waals surface area contributed by atoms with Crippen LogP contribution in [0.3, 0.4) is 0 Å². The van der Waals surface area contributed by atoms with Gasteiger partial charge < -0.3 is 25.3 Å². The van der Waals surface area contributed by atoms with E-state index in [2.05, 4.69) is 20.6 Å². The van der Waals surface area contributed by atoms with Gasteiger partial charge in [-0.15, -0.1) is 0 Å². The van der Waals surface area contributed by atoms with Gasteiger partial charge in [-0.1, -0.05) is 0 Å². The molecule has 11 nitrogen and oxygen atoms in total. The number of carbonyl (C=O) groups excluding carboxylic acids is 2. The lowest BCUT2D eigenvalue weighted by atomic mass is 10.1. The molecule has 3 aromatic rings. The van der Waals surface area contributed by atoms with Gasteiger partial charge in [-0.2, -0.15) is 0 Å². The van der Waals surface area contributed by atoms with Crippen LogP contribution in [0.15, 0.2) is 41.2 Å². The Morgan fingerprint density at radius 2 is 1.89 bits per heavy atom. The number of anilines is 2. The highest BCUT2D eigenvalue weighted by Crippen LogP contribution is 2.22. The van der Waals surface area contributed by atoms with Crippen LogP contribution >= 0.6 is 0 Å². The number of esters is 1. The van der Waals surface area contributed by atoms with Crippen molar-refractivity contribution < 1.29 is 19.2 Å². The topological polar surface area (TPSA) is 159 Å². The minimum atomic E-state index is -0.881. The fourth-order valence-corrected chi connectivity index (χ4v) is 2.55. The first kappa shape index (κ1) is 18.6. The molecule has 0 atom stereocenters. The van der Waals surface area contributed by atoms with Crippen molar-refractivity contribution in [1.29, 1.82) is 0 Å². The molecule has 0 radical (unpaired) electrons. The molecule has 4 N–H and O–H groups in total. The number of H-pyrrole nitrogens is 2. The number of nitrogens with zero attached hydrogens (tertiary/aromatic N) is 1. The Balaban J connectivity index is 1.66. The molecule has 0 aliphatic heterocycles. The third-order valence-corrected chi connectivity index (χ3v) is 3.84. The molecule has 0 saturated heterocycles. The molecule has 1 heterocycles. The predicted octanol–water partition coefficient (Wildman–Crippen LogP) is 1.60. The maximum atomic E-state index is 12.2. The summed E-state index contributed by atoms with van der Waals surface area (Å²) in [7, 11) is 1.55. The van der Waals surface area contributed by atoms with Gasteiger partial charge in [0.2, 0.25) is 0 Å². The monoisotopic (exact) mass is 385 g/mol. The number of imidazole rings is 1. The van der Waals surface area contributed by atoms with Crippen LogP contribution in [0.5, 0.6) is 0 Å². The zero-order chi connectivity index (χ0) is 20.3. The zero-order valence-corrected chi connectivity index (χ0v) is 14.6. The zero-order valence-electron chi connectivity index (χ0n) is 14.6. The van der Waals surface area contributed by atoms with Crippen LogP contribution in [-0.2, 0) is 9.53 Å². The molecule has 0 bridgehead atoms. The lowest BCUT2D eigenvalue weighted by molar-refractivity contribution is -0.384. The van der Waals surface area contributed by atoms with Crippen LogP contribution in [0.1, 0.15) is 10.4 Å². The van der Waals surface area contributed by atoms with Crippen molar-refractivity contribution >= 4 is 40.0 Å². The molecule has 0 aliphatic carbocycles. The number of aromatic nitrogens is 2. The number of benzene rings is 2. The fraction of sp³-hybridized carbons (Fsp3) is 0.118. The van der Waals surface area contributed by atoms with Crippen molar-refractivity contribution in [1.82, 2.24) is 9.97 Å². The number of amides is 1. The summed E-state index contributed by atoms with van der Waals surface area (Å²) in [6.07, 6.45) is 0. The van der Waals surface area contributed by atoms with E-state index in [0.29, 0.717) is 22.4 Å². The van der Waals surface area contributed by atoms with Gasteiger partial charge in [0, 0.05) is 30.6 Å². The van der Waals surface area contributed by atoms with E-state index in [4.69, 9.17) is 4.74 Å². The van der Waals surface area contributed by atoms with E-state index in [1.165, 1.54) is 12.1 Å². The first-order valence-corrected chi connectivity index (χ1v) is 8.02. The van der Waals surface area contributed by atoms with Crippen molar-refractivity contribution in [3.05, 3.63) is 62.6 Å². The van der Waals surface area contributed by atoms with Crippen LogP contribution < -0.4 is 16.3 Å². The molecule has 0 unspecified atom stereocenters. The van der Waals surface area contributed by atoms with Gasteiger partial charge in [0.25, 0.3) is 11.6 Å². The number of nitrogens with one attached hydrogen (secondary N) is 4. The van der Waals surface area contributed by atoms with Crippen LogP contribution in [0.2, 0.25) is 0 Å². The summed E-state index contributed by atoms with van der Waals surface area (Å²) in [6.45, 7) is -0.591. The summed E-state index contributed by atoms with van der Waals surface area (Å²) in [5.74, 6) is -1.49. The van der Waals surface area contributed by atoms with Crippen LogP contribution in [-0.4, -0.2) is 40.4 Å². The molecule has 11 heteroatoms. The molecule has 1 amide bonds. The maximum absolute atomic E-state index is 12.2. The standard InChI is InChI=1S/C17H15N5O6/c1-18-12-5-3-10(22(26)27)7-11(12)16(24)28-8-15(23)19-9-2-4-13-14(6-9)21-17(25)20-13/h2-7,18H,8H2,1H3,(H,19,23)(H2,20,21,25). The summed E-state index contributed by atoms with van der Waals surface area (Å²) in [6, 6.07) is 8.43. The molecule has 0 saturated carbocycles.